The summed E-state index contributed by atoms with van der Waals surface area (Å²) in [5, 5.41) is 21.4. The fourth-order valence-electron chi connectivity index (χ4n) is 3.44. The lowest BCUT2D eigenvalue weighted by Gasteiger charge is -2.32. The van der Waals surface area contributed by atoms with E-state index in [1.807, 2.05) is 12.1 Å². The first-order chi connectivity index (χ1) is 13.5. The van der Waals surface area contributed by atoms with Crippen LogP contribution in [-0.2, 0) is 6.42 Å². The van der Waals surface area contributed by atoms with Crippen molar-refractivity contribution in [3.8, 4) is 5.75 Å². The Labute approximate surface area is 163 Å². The molecule has 0 aromatic heterocycles. The maximum absolute atomic E-state index is 10.7. The van der Waals surface area contributed by atoms with Crippen molar-refractivity contribution in [3.63, 3.8) is 0 Å². The van der Waals surface area contributed by atoms with Gasteiger partial charge in [-0.15, -0.1) is 0 Å². The van der Waals surface area contributed by atoms with Crippen LogP contribution in [0.3, 0.4) is 0 Å². The highest BCUT2D eigenvalue weighted by Crippen LogP contribution is 2.21. The van der Waals surface area contributed by atoms with Crippen molar-refractivity contribution in [2.45, 2.75) is 19.3 Å². The molecule has 0 N–H and O–H groups in total. The molecule has 148 valence electrons. The summed E-state index contributed by atoms with van der Waals surface area (Å²) in [5.41, 5.74) is 1.27. The number of benzene rings is 2. The molecule has 1 aliphatic heterocycles. The predicted molar refractivity (Wildman–Crippen MR) is 105 cm³/mol. The second-order valence-electron chi connectivity index (χ2n) is 7.04. The number of rotatable bonds is 8. The third kappa shape index (κ3) is 5.50. The van der Waals surface area contributed by atoms with Crippen LogP contribution in [0, 0.1) is 26.1 Å². The second-order valence-corrected chi connectivity index (χ2v) is 7.04. The van der Waals surface area contributed by atoms with Crippen LogP contribution in [0.25, 0.3) is 0 Å². The minimum atomic E-state index is -0.423. The van der Waals surface area contributed by atoms with Gasteiger partial charge in [0.05, 0.1) is 16.5 Å². The van der Waals surface area contributed by atoms with E-state index in [2.05, 4.69) is 4.90 Å². The topological polar surface area (TPSA) is 98.8 Å². The smallest absolute Gasteiger partial charge is 0.269 e. The molecule has 3 rings (SSSR count). The molecule has 1 atom stereocenters. The average Bonchev–Trinajstić information content (AvgIpc) is 2.71. The summed E-state index contributed by atoms with van der Waals surface area (Å²) in [4.78, 5) is 23.0. The molecular formula is C20H23N3O5. The average molecular weight is 385 g/mol. The van der Waals surface area contributed by atoms with Gasteiger partial charge in [-0.1, -0.05) is 12.1 Å². The Bertz CT molecular complexity index is 740. The van der Waals surface area contributed by atoms with Gasteiger partial charge in [0.1, 0.15) is 5.75 Å². The SMILES string of the molecule is O=[N+]([O-])c1ccc(CCN2CCCC(COc3ccc([N+](=O)[O-])cc3)C2)cc1. The van der Waals surface area contributed by atoms with Gasteiger partial charge in [-0.25, -0.2) is 0 Å². The number of hydrogen-bond acceptors (Lipinski definition) is 6. The van der Waals surface area contributed by atoms with Crippen molar-refractivity contribution < 1.29 is 14.6 Å². The molecule has 1 aliphatic rings. The zero-order valence-electron chi connectivity index (χ0n) is 15.5. The number of nitro groups is 2. The molecule has 0 radical (unpaired) electrons. The van der Waals surface area contributed by atoms with E-state index in [-0.39, 0.29) is 16.3 Å². The molecule has 0 saturated carbocycles. The fraction of sp³-hybridized carbons (Fsp3) is 0.400. The molecule has 1 saturated heterocycles. The Kier molecular flexibility index (Phi) is 6.54. The molecule has 1 unspecified atom stereocenters. The number of ether oxygens (including phenoxy) is 1. The first-order valence-electron chi connectivity index (χ1n) is 9.34. The normalized spacial score (nSPS) is 17.2. The quantitative estimate of drug-likeness (QED) is 0.506. The van der Waals surface area contributed by atoms with Gasteiger partial charge in [0.15, 0.2) is 0 Å². The van der Waals surface area contributed by atoms with Crippen LogP contribution < -0.4 is 4.74 Å². The first-order valence-corrected chi connectivity index (χ1v) is 9.34. The van der Waals surface area contributed by atoms with Crippen molar-refractivity contribution in [2.24, 2.45) is 5.92 Å². The summed E-state index contributed by atoms with van der Waals surface area (Å²) in [6.07, 6.45) is 3.06. The molecule has 0 spiro atoms. The molecule has 0 amide bonds. The first kappa shape index (κ1) is 19.8. The summed E-state index contributed by atoms with van der Waals surface area (Å²) < 4.78 is 5.81. The van der Waals surface area contributed by atoms with E-state index < -0.39 is 4.92 Å². The van der Waals surface area contributed by atoms with Crippen LogP contribution >= 0.6 is 0 Å². The zero-order chi connectivity index (χ0) is 19.9. The summed E-state index contributed by atoms with van der Waals surface area (Å²) in [6, 6.07) is 12.9. The van der Waals surface area contributed by atoms with Crippen LogP contribution in [0.4, 0.5) is 11.4 Å². The van der Waals surface area contributed by atoms with Gasteiger partial charge in [0.2, 0.25) is 0 Å². The van der Waals surface area contributed by atoms with Gasteiger partial charge in [-0.05, 0) is 43.5 Å². The van der Waals surface area contributed by atoms with E-state index in [1.165, 1.54) is 12.1 Å². The van der Waals surface area contributed by atoms with Gasteiger partial charge < -0.3 is 9.64 Å². The molecule has 8 heteroatoms. The largest absolute Gasteiger partial charge is 0.493 e. The molecule has 2 aromatic rings. The second kappa shape index (κ2) is 9.27. The Balaban J connectivity index is 1.44. The molecule has 1 heterocycles. The van der Waals surface area contributed by atoms with E-state index >= 15 is 0 Å². The maximum atomic E-state index is 10.7. The van der Waals surface area contributed by atoms with Gasteiger partial charge >= 0.3 is 0 Å². The highest BCUT2D eigenvalue weighted by molar-refractivity contribution is 5.36. The third-order valence-electron chi connectivity index (χ3n) is 5.00. The highest BCUT2D eigenvalue weighted by Gasteiger charge is 2.20. The highest BCUT2D eigenvalue weighted by atomic mass is 16.6. The van der Waals surface area contributed by atoms with E-state index in [1.54, 1.807) is 24.3 Å². The van der Waals surface area contributed by atoms with Crippen molar-refractivity contribution >= 4 is 11.4 Å². The molecule has 0 aliphatic carbocycles. The molecule has 1 fully saturated rings. The van der Waals surface area contributed by atoms with E-state index in [4.69, 9.17) is 4.74 Å². The van der Waals surface area contributed by atoms with E-state index in [0.717, 1.165) is 44.5 Å². The standard InChI is InChI=1S/C20H23N3O5/c24-22(25)18-5-3-16(4-6-18)11-13-21-12-1-2-17(14-21)15-28-20-9-7-19(8-10-20)23(26)27/h3-10,17H,1-2,11-15H2. The van der Waals surface area contributed by atoms with E-state index in [9.17, 15) is 20.2 Å². The van der Waals surface area contributed by atoms with Gasteiger partial charge in [0, 0.05) is 43.3 Å². The Morgan fingerprint density at radius 2 is 1.57 bits per heavy atom. The van der Waals surface area contributed by atoms with Crippen LogP contribution in [0.15, 0.2) is 48.5 Å². The summed E-state index contributed by atoms with van der Waals surface area (Å²) >= 11 is 0. The monoisotopic (exact) mass is 385 g/mol. The fourth-order valence-corrected chi connectivity index (χ4v) is 3.44. The van der Waals surface area contributed by atoms with Crippen LogP contribution in [0.1, 0.15) is 18.4 Å². The number of nitrogens with zero attached hydrogens (tertiary/aromatic N) is 3. The lowest BCUT2D eigenvalue weighted by molar-refractivity contribution is -0.385. The Hall–Kier alpha value is -3.00. The molecule has 2 aromatic carbocycles. The van der Waals surface area contributed by atoms with Crippen molar-refractivity contribution in [2.75, 3.05) is 26.2 Å². The van der Waals surface area contributed by atoms with Gasteiger partial charge in [-0.2, -0.15) is 0 Å². The summed E-state index contributed by atoms with van der Waals surface area (Å²) in [7, 11) is 0. The minimum Gasteiger partial charge on any atom is -0.493 e. The number of non-ortho nitro benzene ring substituents is 2. The number of nitro benzene ring substituents is 2. The Morgan fingerprint density at radius 1 is 0.964 bits per heavy atom. The van der Waals surface area contributed by atoms with Gasteiger partial charge in [0.25, 0.3) is 11.4 Å². The van der Waals surface area contributed by atoms with Crippen molar-refractivity contribution in [1.29, 1.82) is 0 Å². The van der Waals surface area contributed by atoms with Gasteiger partial charge in [-0.3, -0.25) is 20.2 Å². The van der Waals surface area contributed by atoms with Crippen LogP contribution in [0.2, 0.25) is 0 Å². The number of hydrogen-bond donors (Lipinski definition) is 0. The van der Waals surface area contributed by atoms with Crippen LogP contribution in [0.5, 0.6) is 5.75 Å². The zero-order valence-corrected chi connectivity index (χ0v) is 15.5. The number of piperidine rings is 1. The van der Waals surface area contributed by atoms with E-state index in [0.29, 0.717) is 18.3 Å². The Morgan fingerprint density at radius 3 is 2.18 bits per heavy atom. The third-order valence-corrected chi connectivity index (χ3v) is 5.00. The predicted octanol–water partition coefficient (Wildman–Crippen LogP) is 3.84. The number of likely N-dealkylation sites (tertiary alicyclic amines) is 1. The molecule has 28 heavy (non-hydrogen) atoms. The summed E-state index contributed by atoms with van der Waals surface area (Å²) in [6.45, 7) is 3.48. The lowest BCUT2D eigenvalue weighted by atomic mass is 9.98. The maximum Gasteiger partial charge on any atom is 0.269 e. The lowest BCUT2D eigenvalue weighted by Crippen LogP contribution is -2.38. The minimum absolute atomic E-state index is 0.0578. The molecular weight excluding hydrogens is 362 g/mol. The van der Waals surface area contributed by atoms with Crippen molar-refractivity contribution in [3.05, 3.63) is 74.3 Å². The summed E-state index contributed by atoms with van der Waals surface area (Å²) in [5.74, 6) is 1.06. The van der Waals surface area contributed by atoms with Crippen molar-refractivity contribution in [1.82, 2.24) is 4.90 Å². The molecule has 8 nitrogen and oxygen atoms in total. The van der Waals surface area contributed by atoms with Crippen LogP contribution in [-0.4, -0.2) is 41.0 Å². The molecule has 0 bridgehead atoms.